The van der Waals surface area contributed by atoms with E-state index in [2.05, 4.69) is 17.0 Å². The van der Waals surface area contributed by atoms with Gasteiger partial charge in [0.25, 0.3) is 0 Å². The normalized spacial score (nSPS) is 20.4. The van der Waals surface area contributed by atoms with E-state index in [1.54, 1.807) is 6.07 Å². The molecule has 1 unspecified atom stereocenters. The largest absolute Gasteiger partial charge is 0.490 e. The van der Waals surface area contributed by atoms with Gasteiger partial charge in [0.05, 0.1) is 37.8 Å². The predicted molar refractivity (Wildman–Crippen MR) is 150 cm³/mol. The molecule has 2 amide bonds. The fraction of sp³-hybridized carbons (Fsp3) is 0.483. The van der Waals surface area contributed by atoms with Gasteiger partial charge in [-0.1, -0.05) is 29.8 Å². The predicted octanol–water partition coefficient (Wildman–Crippen LogP) is 3.23. The number of likely N-dealkylation sites (N-methyl/N-ethyl adjacent to an activating group) is 1. The molecule has 3 aromatic rings. The summed E-state index contributed by atoms with van der Waals surface area (Å²) in [6.07, 6.45) is 2.28. The summed E-state index contributed by atoms with van der Waals surface area (Å²) in [5.74, 6) is 0.689. The van der Waals surface area contributed by atoms with Crippen molar-refractivity contribution in [1.82, 2.24) is 24.5 Å². The second kappa shape index (κ2) is 11.9. The Morgan fingerprint density at radius 1 is 1.05 bits per heavy atom. The summed E-state index contributed by atoms with van der Waals surface area (Å²) < 4.78 is 14.3. The van der Waals surface area contributed by atoms with Crippen molar-refractivity contribution in [3.63, 3.8) is 0 Å². The lowest BCUT2D eigenvalue weighted by molar-refractivity contribution is -0.166. The van der Waals surface area contributed by atoms with Crippen LogP contribution in [0.4, 0.5) is 0 Å². The Morgan fingerprint density at radius 2 is 1.85 bits per heavy atom. The Hall–Kier alpha value is -3.14. The van der Waals surface area contributed by atoms with Crippen LogP contribution < -0.4 is 4.74 Å². The second-order valence-electron chi connectivity index (χ2n) is 10.6. The topological polar surface area (TPSA) is 80.1 Å². The van der Waals surface area contributed by atoms with Crippen molar-refractivity contribution >= 4 is 34.3 Å². The minimum absolute atomic E-state index is 0.0108. The molecule has 0 N–H and O–H groups in total. The molecule has 208 valence electrons. The first kappa shape index (κ1) is 27.4. The van der Waals surface area contributed by atoms with E-state index in [0.717, 1.165) is 29.6 Å². The van der Waals surface area contributed by atoms with Crippen molar-refractivity contribution in [1.29, 1.82) is 0 Å². The molecule has 2 fully saturated rings. The van der Waals surface area contributed by atoms with Gasteiger partial charge in [-0.25, -0.2) is 0 Å². The van der Waals surface area contributed by atoms with Crippen LogP contribution in [0.1, 0.15) is 18.4 Å². The van der Waals surface area contributed by atoms with Crippen LogP contribution in [-0.2, 0) is 20.9 Å². The van der Waals surface area contributed by atoms with E-state index in [1.165, 1.54) is 0 Å². The summed E-state index contributed by atoms with van der Waals surface area (Å²) in [5.41, 5.74) is 0.968. The highest BCUT2D eigenvalue weighted by atomic mass is 35.5. The number of hydrogen-bond donors (Lipinski definition) is 0. The average Bonchev–Trinajstić information content (AvgIpc) is 3.36. The molecule has 39 heavy (non-hydrogen) atoms. The lowest BCUT2D eigenvalue weighted by Crippen LogP contribution is -2.59. The van der Waals surface area contributed by atoms with E-state index in [-0.39, 0.29) is 31.4 Å². The maximum atomic E-state index is 13.4. The van der Waals surface area contributed by atoms with Gasteiger partial charge in [0.1, 0.15) is 18.0 Å². The first-order valence-corrected chi connectivity index (χ1v) is 13.9. The van der Waals surface area contributed by atoms with Gasteiger partial charge in [-0.2, -0.15) is 5.10 Å². The number of rotatable bonds is 8. The Kier molecular flexibility index (Phi) is 8.40. The van der Waals surface area contributed by atoms with Gasteiger partial charge < -0.3 is 24.2 Å². The highest BCUT2D eigenvalue weighted by Gasteiger charge is 2.42. The first-order chi connectivity index (χ1) is 18.8. The molecule has 1 aromatic heterocycles. The van der Waals surface area contributed by atoms with Crippen LogP contribution in [0.15, 0.2) is 48.7 Å². The number of carbonyl (C=O) groups is 2. The van der Waals surface area contributed by atoms with E-state index in [1.807, 2.05) is 64.0 Å². The van der Waals surface area contributed by atoms with Crippen molar-refractivity contribution in [3.05, 3.63) is 59.2 Å². The second-order valence-corrected chi connectivity index (χ2v) is 11.0. The zero-order valence-corrected chi connectivity index (χ0v) is 23.4. The SMILES string of the molecule is Cc1cc(OCC2(CC(=O)N3CCN(C)CC3)CN(C(=O)CCn3ncc4ccccc43)CCO2)ccc1Cl. The summed E-state index contributed by atoms with van der Waals surface area (Å²) in [7, 11) is 2.06. The van der Waals surface area contributed by atoms with Gasteiger partial charge >= 0.3 is 0 Å². The van der Waals surface area contributed by atoms with E-state index in [0.29, 0.717) is 50.0 Å². The van der Waals surface area contributed by atoms with Crippen LogP contribution in [0.5, 0.6) is 5.75 Å². The Balaban J connectivity index is 1.28. The van der Waals surface area contributed by atoms with Crippen LogP contribution in [0.25, 0.3) is 10.9 Å². The molecule has 0 radical (unpaired) electrons. The van der Waals surface area contributed by atoms with Crippen molar-refractivity contribution in [3.8, 4) is 5.75 Å². The number of hydrogen-bond acceptors (Lipinski definition) is 6. The number of benzene rings is 2. The Labute approximate surface area is 234 Å². The molecule has 9 nitrogen and oxygen atoms in total. The third kappa shape index (κ3) is 6.54. The molecule has 0 spiro atoms. The molecule has 0 bridgehead atoms. The van der Waals surface area contributed by atoms with Crippen molar-refractivity contribution in [2.24, 2.45) is 0 Å². The number of amides is 2. The van der Waals surface area contributed by atoms with Crippen molar-refractivity contribution < 1.29 is 19.1 Å². The standard InChI is InChI=1S/C29H36ClN5O4/c1-22-17-24(7-8-25(22)30)38-21-29(18-28(37)33-13-11-32(2)12-14-33)20-34(15-16-39-29)27(36)9-10-35-26-6-4-3-5-23(26)19-31-35/h3-8,17,19H,9-16,18,20-21H2,1-2H3. The smallest absolute Gasteiger partial charge is 0.225 e. The number of morpholine rings is 1. The van der Waals surface area contributed by atoms with Crippen LogP contribution in [0.3, 0.4) is 0 Å². The molecule has 2 aromatic carbocycles. The molecule has 5 rings (SSSR count). The molecular formula is C29H36ClN5O4. The number of nitrogens with zero attached hydrogens (tertiary/aromatic N) is 5. The number of piperazine rings is 1. The Bertz CT molecular complexity index is 1320. The number of para-hydroxylation sites is 1. The fourth-order valence-electron chi connectivity index (χ4n) is 5.23. The fourth-order valence-corrected chi connectivity index (χ4v) is 5.35. The zero-order valence-electron chi connectivity index (χ0n) is 22.6. The molecule has 1 atom stereocenters. The quantitative estimate of drug-likeness (QED) is 0.426. The molecule has 3 heterocycles. The van der Waals surface area contributed by atoms with Crippen LogP contribution >= 0.6 is 11.6 Å². The lowest BCUT2D eigenvalue weighted by Gasteiger charge is -2.43. The third-order valence-electron chi connectivity index (χ3n) is 7.65. The van der Waals surface area contributed by atoms with E-state index in [4.69, 9.17) is 21.1 Å². The summed E-state index contributed by atoms with van der Waals surface area (Å²) >= 11 is 6.19. The third-order valence-corrected chi connectivity index (χ3v) is 8.07. The molecule has 2 aliphatic rings. The van der Waals surface area contributed by atoms with Crippen LogP contribution in [-0.4, -0.2) is 101 Å². The number of carbonyl (C=O) groups excluding carboxylic acids is 2. The minimum Gasteiger partial charge on any atom is -0.490 e. The van der Waals surface area contributed by atoms with E-state index in [9.17, 15) is 9.59 Å². The summed E-state index contributed by atoms with van der Waals surface area (Å²) in [6.45, 7) is 6.71. The van der Waals surface area contributed by atoms with Crippen LogP contribution in [0.2, 0.25) is 5.02 Å². The number of aromatic nitrogens is 2. The molecule has 0 aliphatic carbocycles. The highest BCUT2D eigenvalue weighted by Crippen LogP contribution is 2.28. The van der Waals surface area contributed by atoms with Gasteiger partial charge in [-0.05, 0) is 43.8 Å². The zero-order chi connectivity index (χ0) is 27.4. The molecular weight excluding hydrogens is 518 g/mol. The van der Waals surface area contributed by atoms with Crippen molar-refractivity contribution in [2.75, 3.05) is 59.5 Å². The Morgan fingerprint density at radius 3 is 2.64 bits per heavy atom. The number of halogens is 1. The van der Waals surface area contributed by atoms with Crippen LogP contribution in [0, 0.1) is 6.92 Å². The van der Waals surface area contributed by atoms with Crippen molar-refractivity contribution in [2.45, 2.75) is 31.9 Å². The number of ether oxygens (including phenoxy) is 2. The van der Waals surface area contributed by atoms with Gasteiger partial charge in [-0.3, -0.25) is 14.3 Å². The minimum atomic E-state index is -0.944. The average molecular weight is 554 g/mol. The summed E-state index contributed by atoms with van der Waals surface area (Å²) in [6, 6.07) is 13.4. The van der Waals surface area contributed by atoms with Gasteiger partial charge in [0.2, 0.25) is 11.8 Å². The lowest BCUT2D eigenvalue weighted by atomic mass is 9.96. The molecule has 2 aliphatic heterocycles. The number of fused-ring (bicyclic) bond motifs is 1. The molecule has 0 saturated carbocycles. The molecule has 10 heteroatoms. The van der Waals surface area contributed by atoms with Gasteiger partial charge in [-0.15, -0.1) is 0 Å². The summed E-state index contributed by atoms with van der Waals surface area (Å²) in [5, 5.41) is 6.17. The van der Waals surface area contributed by atoms with Gasteiger partial charge in [0.15, 0.2) is 0 Å². The monoisotopic (exact) mass is 553 g/mol. The molecule has 2 saturated heterocycles. The highest BCUT2D eigenvalue weighted by molar-refractivity contribution is 6.31. The number of aryl methyl sites for hydroxylation is 2. The maximum absolute atomic E-state index is 13.4. The first-order valence-electron chi connectivity index (χ1n) is 13.5. The summed E-state index contributed by atoms with van der Waals surface area (Å²) in [4.78, 5) is 32.7. The van der Waals surface area contributed by atoms with E-state index >= 15 is 0 Å². The maximum Gasteiger partial charge on any atom is 0.225 e. The van der Waals surface area contributed by atoms with Gasteiger partial charge in [0, 0.05) is 49.6 Å². The van der Waals surface area contributed by atoms with E-state index < -0.39 is 5.60 Å².